The maximum Gasteiger partial charge on any atom is 0.153 e. The molecule has 0 bridgehead atoms. The zero-order chi connectivity index (χ0) is 10.4. The van der Waals surface area contributed by atoms with Crippen molar-refractivity contribution in [3.8, 4) is 0 Å². The second kappa shape index (κ2) is 5.85. The molecule has 0 amide bonds. The quantitative estimate of drug-likeness (QED) is 0.236. The first-order chi connectivity index (χ1) is 6.72. The number of hydrogen-bond donors (Lipinski definition) is 3. The van der Waals surface area contributed by atoms with E-state index >= 15 is 0 Å². The second-order valence-corrected chi connectivity index (χ2v) is 4.52. The number of nitrogens with zero attached hydrogens (tertiary/aromatic N) is 1. The van der Waals surface area contributed by atoms with E-state index in [9.17, 15) is 0 Å². The van der Waals surface area contributed by atoms with Crippen molar-refractivity contribution in [2.75, 3.05) is 13.1 Å². The summed E-state index contributed by atoms with van der Waals surface area (Å²) in [6.07, 6.45) is 0.899. The molecule has 0 aliphatic rings. The summed E-state index contributed by atoms with van der Waals surface area (Å²) in [5.74, 6) is 0.189. The minimum absolute atomic E-state index is 0.189. The third-order valence-corrected chi connectivity index (χ3v) is 2.90. The van der Waals surface area contributed by atoms with Crippen LogP contribution in [0.2, 0.25) is 4.34 Å². The van der Waals surface area contributed by atoms with E-state index in [1.54, 1.807) is 11.3 Å². The number of nitrogens with one attached hydrogen (secondary N) is 1. The van der Waals surface area contributed by atoms with Crippen molar-refractivity contribution in [3.63, 3.8) is 0 Å². The average Bonchev–Trinajstić information content (AvgIpc) is 2.58. The molecule has 0 aliphatic heterocycles. The minimum atomic E-state index is 0.189. The first-order valence-corrected chi connectivity index (χ1v) is 5.33. The van der Waals surface area contributed by atoms with Crippen molar-refractivity contribution in [3.05, 3.63) is 21.3 Å². The zero-order valence-corrected chi connectivity index (χ0v) is 9.11. The summed E-state index contributed by atoms with van der Waals surface area (Å²) < 4.78 is 0.802. The van der Waals surface area contributed by atoms with Crippen LogP contribution in [0, 0.1) is 0 Å². The first kappa shape index (κ1) is 11.3. The zero-order valence-electron chi connectivity index (χ0n) is 7.53. The van der Waals surface area contributed by atoms with Gasteiger partial charge < -0.3 is 16.3 Å². The van der Waals surface area contributed by atoms with Gasteiger partial charge in [0.05, 0.1) is 10.9 Å². The van der Waals surface area contributed by atoms with Gasteiger partial charge >= 0.3 is 0 Å². The van der Waals surface area contributed by atoms with Gasteiger partial charge in [0.15, 0.2) is 5.84 Å². The van der Waals surface area contributed by atoms with E-state index in [4.69, 9.17) is 22.5 Å². The highest BCUT2D eigenvalue weighted by molar-refractivity contribution is 7.16. The lowest BCUT2D eigenvalue weighted by Crippen LogP contribution is -2.30. The molecule has 1 aromatic heterocycles. The van der Waals surface area contributed by atoms with Crippen molar-refractivity contribution in [1.82, 2.24) is 5.32 Å². The number of nitrogens with two attached hydrogens (primary N) is 1. The lowest BCUT2D eigenvalue weighted by atomic mass is 10.3. The Labute approximate surface area is 91.4 Å². The second-order valence-electron chi connectivity index (χ2n) is 2.72. The molecule has 78 valence electrons. The maximum absolute atomic E-state index is 8.26. The number of amidine groups is 1. The molecule has 0 spiro atoms. The van der Waals surface area contributed by atoms with E-state index in [0.717, 1.165) is 17.3 Å². The number of oxime groups is 1. The number of halogens is 1. The summed E-state index contributed by atoms with van der Waals surface area (Å²) in [5, 5.41) is 14.2. The summed E-state index contributed by atoms with van der Waals surface area (Å²) in [6, 6.07) is 3.88. The Morgan fingerprint density at radius 1 is 1.64 bits per heavy atom. The molecule has 0 aromatic carbocycles. The van der Waals surface area contributed by atoms with Crippen LogP contribution in [-0.2, 0) is 6.42 Å². The summed E-state index contributed by atoms with van der Waals surface area (Å²) in [6.45, 7) is 1.18. The Hall–Kier alpha value is -0.780. The average molecular weight is 234 g/mol. The van der Waals surface area contributed by atoms with E-state index in [1.165, 1.54) is 4.88 Å². The SMILES string of the molecule is N/C(CNCCc1ccc(Cl)s1)=N/O. The molecule has 0 aliphatic carbocycles. The van der Waals surface area contributed by atoms with Gasteiger partial charge in [-0.25, -0.2) is 0 Å². The molecule has 0 saturated carbocycles. The highest BCUT2D eigenvalue weighted by Crippen LogP contribution is 2.21. The first-order valence-electron chi connectivity index (χ1n) is 4.13. The van der Waals surface area contributed by atoms with Gasteiger partial charge in [0.2, 0.25) is 0 Å². The molecule has 0 unspecified atom stereocenters. The Kier molecular flexibility index (Phi) is 4.72. The fourth-order valence-electron chi connectivity index (χ4n) is 0.950. The minimum Gasteiger partial charge on any atom is -0.409 e. The molecule has 0 atom stereocenters. The van der Waals surface area contributed by atoms with Crippen LogP contribution in [0.5, 0.6) is 0 Å². The van der Waals surface area contributed by atoms with Gasteiger partial charge in [-0.3, -0.25) is 0 Å². The largest absolute Gasteiger partial charge is 0.409 e. The van der Waals surface area contributed by atoms with Crippen molar-refractivity contribution in [2.24, 2.45) is 10.9 Å². The summed E-state index contributed by atoms with van der Waals surface area (Å²) in [7, 11) is 0. The Balaban J connectivity index is 2.16. The predicted octanol–water partition coefficient (Wildman–Crippen LogP) is 1.28. The van der Waals surface area contributed by atoms with E-state index in [2.05, 4.69) is 10.5 Å². The highest BCUT2D eigenvalue weighted by Gasteiger charge is 1.97. The van der Waals surface area contributed by atoms with Crippen LogP contribution >= 0.6 is 22.9 Å². The molecule has 0 saturated heterocycles. The van der Waals surface area contributed by atoms with Crippen LogP contribution < -0.4 is 11.1 Å². The lowest BCUT2D eigenvalue weighted by molar-refractivity contribution is 0.317. The Morgan fingerprint density at radius 2 is 2.43 bits per heavy atom. The molecular formula is C8H12ClN3OS. The number of thiophene rings is 1. The van der Waals surface area contributed by atoms with Crippen LogP contribution in [0.3, 0.4) is 0 Å². The fourth-order valence-corrected chi connectivity index (χ4v) is 2.04. The maximum atomic E-state index is 8.26. The summed E-state index contributed by atoms with van der Waals surface area (Å²) in [4.78, 5) is 1.22. The molecule has 1 rings (SSSR count). The van der Waals surface area contributed by atoms with Crippen LogP contribution in [0.1, 0.15) is 4.88 Å². The number of hydrogen-bond acceptors (Lipinski definition) is 4. The van der Waals surface area contributed by atoms with E-state index in [0.29, 0.717) is 6.54 Å². The van der Waals surface area contributed by atoms with Crippen molar-refractivity contribution >= 4 is 28.8 Å². The van der Waals surface area contributed by atoms with Crippen LogP contribution in [0.25, 0.3) is 0 Å². The van der Waals surface area contributed by atoms with E-state index in [-0.39, 0.29) is 5.84 Å². The standard InChI is InChI=1S/C8H12ClN3OS/c9-7-2-1-6(14-7)3-4-11-5-8(10)12-13/h1-2,11,13H,3-5H2,(H2,10,12). The molecule has 14 heavy (non-hydrogen) atoms. The molecule has 6 heteroatoms. The number of rotatable bonds is 5. The Morgan fingerprint density at radius 3 is 3.00 bits per heavy atom. The van der Waals surface area contributed by atoms with Crippen molar-refractivity contribution in [1.29, 1.82) is 0 Å². The Bertz CT molecular complexity index is 313. The lowest BCUT2D eigenvalue weighted by Gasteiger charge is -2.01. The van der Waals surface area contributed by atoms with Gasteiger partial charge in [-0.1, -0.05) is 16.8 Å². The smallest absolute Gasteiger partial charge is 0.153 e. The van der Waals surface area contributed by atoms with Gasteiger partial charge in [0.1, 0.15) is 0 Å². The van der Waals surface area contributed by atoms with Crippen LogP contribution in [0.15, 0.2) is 17.3 Å². The highest BCUT2D eigenvalue weighted by atomic mass is 35.5. The monoisotopic (exact) mass is 233 g/mol. The third kappa shape index (κ3) is 3.95. The molecule has 4 nitrogen and oxygen atoms in total. The summed E-state index contributed by atoms with van der Waals surface area (Å²) >= 11 is 7.34. The fraction of sp³-hybridized carbons (Fsp3) is 0.375. The van der Waals surface area contributed by atoms with Gasteiger partial charge in [0, 0.05) is 11.4 Å². The van der Waals surface area contributed by atoms with Gasteiger partial charge in [0.25, 0.3) is 0 Å². The van der Waals surface area contributed by atoms with Crippen LogP contribution in [-0.4, -0.2) is 24.1 Å². The topological polar surface area (TPSA) is 70.6 Å². The van der Waals surface area contributed by atoms with Crippen molar-refractivity contribution in [2.45, 2.75) is 6.42 Å². The van der Waals surface area contributed by atoms with Crippen molar-refractivity contribution < 1.29 is 5.21 Å². The molecule has 4 N–H and O–H groups in total. The molecule has 1 heterocycles. The molecule has 0 fully saturated rings. The van der Waals surface area contributed by atoms with E-state index < -0.39 is 0 Å². The third-order valence-electron chi connectivity index (χ3n) is 1.61. The van der Waals surface area contributed by atoms with E-state index in [1.807, 2.05) is 12.1 Å². The predicted molar refractivity (Wildman–Crippen MR) is 59.3 cm³/mol. The van der Waals surface area contributed by atoms with Gasteiger partial charge in [-0.05, 0) is 18.6 Å². The normalized spacial score (nSPS) is 11.9. The molecule has 0 radical (unpaired) electrons. The molecule has 1 aromatic rings. The summed E-state index contributed by atoms with van der Waals surface area (Å²) in [5.41, 5.74) is 5.28. The van der Waals surface area contributed by atoms with Gasteiger partial charge in [-0.15, -0.1) is 11.3 Å². The molecular weight excluding hydrogens is 222 g/mol. The van der Waals surface area contributed by atoms with Gasteiger partial charge in [-0.2, -0.15) is 0 Å². The van der Waals surface area contributed by atoms with Crippen LogP contribution in [0.4, 0.5) is 0 Å².